The van der Waals surface area contributed by atoms with Crippen LogP contribution < -0.4 is 10.2 Å². The summed E-state index contributed by atoms with van der Waals surface area (Å²) in [6.45, 7) is 12.8. The molecule has 9 nitrogen and oxygen atoms in total. The molecule has 30 heavy (non-hydrogen) atoms. The van der Waals surface area contributed by atoms with E-state index in [9.17, 15) is 0 Å². The summed E-state index contributed by atoms with van der Waals surface area (Å²) in [6.07, 6.45) is 2.41. The lowest BCUT2D eigenvalue weighted by atomic mass is 10.1. The van der Waals surface area contributed by atoms with E-state index in [1.54, 1.807) is 18.3 Å². The van der Waals surface area contributed by atoms with Crippen molar-refractivity contribution < 1.29 is 0 Å². The van der Waals surface area contributed by atoms with E-state index in [0.29, 0.717) is 30.0 Å². The zero-order chi connectivity index (χ0) is 20.9. The first-order chi connectivity index (χ1) is 14.6. The summed E-state index contributed by atoms with van der Waals surface area (Å²) in [4.78, 5) is 30.5. The highest BCUT2D eigenvalue weighted by Crippen LogP contribution is 2.22. The van der Waals surface area contributed by atoms with E-state index in [0.717, 1.165) is 43.3 Å². The van der Waals surface area contributed by atoms with Gasteiger partial charge in [-0.05, 0) is 18.7 Å². The van der Waals surface area contributed by atoms with Crippen LogP contribution in [-0.2, 0) is 6.42 Å². The molecule has 0 aliphatic carbocycles. The average Bonchev–Trinajstić information content (AvgIpc) is 2.79. The number of rotatable bonds is 5. The quantitative estimate of drug-likeness (QED) is 0.653. The van der Waals surface area contributed by atoms with Crippen molar-refractivity contribution in [1.29, 1.82) is 0 Å². The molecule has 1 aliphatic heterocycles. The van der Waals surface area contributed by atoms with Gasteiger partial charge in [-0.15, -0.1) is 0 Å². The summed E-state index contributed by atoms with van der Waals surface area (Å²) in [6, 6.07) is 9.14. The number of likely N-dealkylation sites (N-methyl/N-ethyl adjacent to an activating group) is 1. The summed E-state index contributed by atoms with van der Waals surface area (Å²) in [5, 5.41) is 3.13. The van der Waals surface area contributed by atoms with Gasteiger partial charge < -0.3 is 9.80 Å². The van der Waals surface area contributed by atoms with E-state index in [4.69, 9.17) is 6.57 Å². The van der Waals surface area contributed by atoms with E-state index < -0.39 is 0 Å². The van der Waals surface area contributed by atoms with Crippen LogP contribution in [0.5, 0.6) is 0 Å². The highest BCUT2D eigenvalue weighted by molar-refractivity contribution is 5.64. The molecule has 0 atom stereocenters. The Kier molecular flexibility index (Phi) is 5.77. The molecule has 1 saturated heterocycles. The summed E-state index contributed by atoms with van der Waals surface area (Å²) in [5.74, 6) is 2.27. The van der Waals surface area contributed by atoms with E-state index in [1.165, 1.54) is 0 Å². The van der Waals surface area contributed by atoms with Crippen LogP contribution in [0.15, 0.2) is 36.5 Å². The van der Waals surface area contributed by atoms with Gasteiger partial charge in [0, 0.05) is 38.8 Å². The fraction of sp³-hybridized carbons (Fsp3) is 0.333. The normalized spacial score (nSPS) is 14.4. The Morgan fingerprint density at radius 3 is 2.43 bits per heavy atom. The van der Waals surface area contributed by atoms with Crippen LogP contribution in [0.4, 0.5) is 23.5 Å². The molecule has 0 radical (unpaired) electrons. The number of hydrogen-bond acceptors (Lipinski definition) is 8. The lowest BCUT2D eigenvalue weighted by molar-refractivity contribution is 0.311. The minimum atomic E-state index is 0.416. The van der Waals surface area contributed by atoms with Gasteiger partial charge in [-0.25, -0.2) is 14.8 Å². The predicted molar refractivity (Wildman–Crippen MR) is 116 cm³/mol. The number of nitrogens with one attached hydrogen (secondary N) is 1. The molecule has 1 aromatic carbocycles. The van der Waals surface area contributed by atoms with Crippen molar-refractivity contribution in [3.63, 3.8) is 0 Å². The second-order valence-electron chi connectivity index (χ2n) is 7.07. The van der Waals surface area contributed by atoms with E-state index in [2.05, 4.69) is 51.9 Å². The number of aromatic nitrogens is 5. The second kappa shape index (κ2) is 8.80. The number of nitrogens with zero attached hydrogens (tertiary/aromatic N) is 8. The van der Waals surface area contributed by atoms with Gasteiger partial charge in [0.25, 0.3) is 0 Å². The van der Waals surface area contributed by atoms with Gasteiger partial charge in [-0.1, -0.05) is 31.2 Å². The molecule has 2 aromatic heterocycles. The number of benzene rings is 1. The second-order valence-corrected chi connectivity index (χ2v) is 7.07. The molecule has 152 valence electrons. The lowest BCUT2D eigenvalue weighted by Crippen LogP contribution is -2.45. The van der Waals surface area contributed by atoms with Crippen LogP contribution >= 0.6 is 0 Å². The highest BCUT2D eigenvalue weighted by atomic mass is 15.3. The molecule has 0 bridgehead atoms. The fourth-order valence-corrected chi connectivity index (χ4v) is 3.16. The van der Waals surface area contributed by atoms with Gasteiger partial charge >= 0.3 is 0 Å². The van der Waals surface area contributed by atoms with Gasteiger partial charge in [-0.3, -0.25) is 5.32 Å². The molecular formula is C21H23N9. The van der Waals surface area contributed by atoms with Crippen LogP contribution in [-0.4, -0.2) is 63.0 Å². The molecule has 1 N–H and O–H groups in total. The van der Waals surface area contributed by atoms with Gasteiger partial charge in [-0.2, -0.15) is 15.0 Å². The molecule has 1 fully saturated rings. The lowest BCUT2D eigenvalue weighted by Gasteiger charge is -2.32. The molecule has 1 aliphatic rings. The van der Waals surface area contributed by atoms with Crippen LogP contribution in [0.2, 0.25) is 0 Å². The third-order valence-electron chi connectivity index (χ3n) is 4.94. The van der Waals surface area contributed by atoms with Gasteiger partial charge in [0.1, 0.15) is 5.82 Å². The van der Waals surface area contributed by atoms with Gasteiger partial charge in [0.05, 0.1) is 12.3 Å². The third-order valence-corrected chi connectivity index (χ3v) is 4.94. The topological polar surface area (TPSA) is 87.3 Å². The van der Waals surface area contributed by atoms with Crippen LogP contribution in [0.3, 0.4) is 0 Å². The molecular weight excluding hydrogens is 378 g/mol. The molecule has 0 saturated carbocycles. The number of hydrogen-bond donors (Lipinski definition) is 1. The Morgan fingerprint density at radius 1 is 0.967 bits per heavy atom. The zero-order valence-electron chi connectivity index (χ0n) is 17.1. The van der Waals surface area contributed by atoms with Crippen LogP contribution in [0.25, 0.3) is 16.1 Å². The van der Waals surface area contributed by atoms with Crippen molar-refractivity contribution in [2.45, 2.75) is 13.3 Å². The first-order valence-corrected chi connectivity index (χ1v) is 9.91. The summed E-state index contributed by atoms with van der Waals surface area (Å²) in [7, 11) is 2.12. The zero-order valence-corrected chi connectivity index (χ0v) is 17.1. The largest absolute Gasteiger partial charge is 0.338 e. The maximum Gasteiger partial charge on any atom is 0.234 e. The molecule has 0 unspecified atom stereocenters. The SMILES string of the molecule is [C-]#[N+]c1ccc(-c2ccnc(Nc3nc(CC)nc(N4CCN(C)CC4)n3)n2)cc1. The van der Waals surface area contributed by atoms with Crippen LogP contribution in [0, 0.1) is 6.57 Å². The molecule has 3 aromatic rings. The Bertz CT molecular complexity index is 1050. The average molecular weight is 401 g/mol. The van der Waals surface area contributed by atoms with Crippen molar-refractivity contribution in [2.24, 2.45) is 0 Å². The Labute approximate surface area is 175 Å². The summed E-state index contributed by atoms with van der Waals surface area (Å²) in [5.41, 5.74) is 2.27. The van der Waals surface area contributed by atoms with Crippen molar-refractivity contribution in [3.05, 3.63) is 53.8 Å². The van der Waals surface area contributed by atoms with E-state index >= 15 is 0 Å². The third kappa shape index (κ3) is 4.50. The maximum atomic E-state index is 7.08. The molecule has 0 amide bonds. The highest BCUT2D eigenvalue weighted by Gasteiger charge is 2.18. The molecule has 0 spiro atoms. The minimum absolute atomic E-state index is 0.416. The first kappa shape index (κ1) is 19.7. The van der Waals surface area contributed by atoms with E-state index in [1.807, 2.05) is 25.1 Å². The smallest absolute Gasteiger partial charge is 0.234 e. The predicted octanol–water partition coefficient (Wildman–Crippen LogP) is 2.94. The monoisotopic (exact) mass is 401 g/mol. The standard InChI is InChI=1S/C21H23N9/c1-4-18-25-20(28-21(26-18)30-13-11-29(3)12-14-30)27-19-23-10-9-17(24-19)15-5-7-16(22-2)8-6-15/h5-10H,4,11-14H2,1,3H3,(H,23,24,25,26,27,28). The number of anilines is 3. The number of aryl methyl sites for hydroxylation is 1. The van der Waals surface area contributed by atoms with Crippen molar-refractivity contribution in [1.82, 2.24) is 29.8 Å². The van der Waals surface area contributed by atoms with Crippen molar-refractivity contribution >= 4 is 23.5 Å². The molecule has 3 heterocycles. The van der Waals surface area contributed by atoms with Gasteiger partial charge in [0.2, 0.25) is 17.8 Å². The molecule has 9 heteroatoms. The van der Waals surface area contributed by atoms with Crippen molar-refractivity contribution in [2.75, 3.05) is 43.4 Å². The number of piperazine rings is 1. The Hall–Kier alpha value is -3.64. The van der Waals surface area contributed by atoms with Gasteiger partial charge in [0.15, 0.2) is 5.69 Å². The summed E-state index contributed by atoms with van der Waals surface area (Å²) < 4.78 is 0. The maximum absolute atomic E-state index is 7.08. The molecule has 4 rings (SSSR count). The summed E-state index contributed by atoms with van der Waals surface area (Å²) >= 11 is 0. The van der Waals surface area contributed by atoms with Crippen LogP contribution in [0.1, 0.15) is 12.7 Å². The fourth-order valence-electron chi connectivity index (χ4n) is 3.16. The van der Waals surface area contributed by atoms with E-state index in [-0.39, 0.29) is 0 Å². The van der Waals surface area contributed by atoms with Crippen molar-refractivity contribution in [3.8, 4) is 11.3 Å². The Balaban J connectivity index is 1.57. The minimum Gasteiger partial charge on any atom is -0.338 e. The first-order valence-electron chi connectivity index (χ1n) is 9.91. The Morgan fingerprint density at radius 2 is 1.73 bits per heavy atom.